The van der Waals surface area contributed by atoms with Crippen molar-refractivity contribution in [1.82, 2.24) is 4.98 Å². The standard InChI is InChI=1S/C14H19N3OS/c1-14(2)6-7-17(8-9-19-14)13-16-12-10(15)4-3-5-11(12)18-13/h3-5H,6-9,15H2,1-2H3. The summed E-state index contributed by atoms with van der Waals surface area (Å²) < 4.78 is 6.17. The number of para-hydroxylation sites is 1. The van der Waals surface area contributed by atoms with Crippen molar-refractivity contribution in [3.8, 4) is 0 Å². The van der Waals surface area contributed by atoms with Crippen LogP contribution in [0.4, 0.5) is 11.7 Å². The quantitative estimate of drug-likeness (QED) is 0.812. The topological polar surface area (TPSA) is 55.3 Å². The van der Waals surface area contributed by atoms with E-state index in [1.165, 1.54) is 0 Å². The number of rotatable bonds is 1. The lowest BCUT2D eigenvalue weighted by atomic mass is 10.1. The third-order valence-electron chi connectivity index (χ3n) is 3.55. The summed E-state index contributed by atoms with van der Waals surface area (Å²) in [5, 5.41) is 0. The van der Waals surface area contributed by atoms with E-state index in [9.17, 15) is 0 Å². The average molecular weight is 277 g/mol. The number of fused-ring (bicyclic) bond motifs is 1. The van der Waals surface area contributed by atoms with Gasteiger partial charge in [-0.2, -0.15) is 16.7 Å². The third-order valence-corrected chi connectivity index (χ3v) is 4.92. The van der Waals surface area contributed by atoms with Crippen LogP contribution in [0, 0.1) is 0 Å². The Balaban J connectivity index is 1.90. The van der Waals surface area contributed by atoms with Gasteiger partial charge in [0.15, 0.2) is 5.58 Å². The van der Waals surface area contributed by atoms with E-state index in [0.29, 0.717) is 16.4 Å². The van der Waals surface area contributed by atoms with Gasteiger partial charge in [-0.1, -0.05) is 19.9 Å². The Morgan fingerprint density at radius 3 is 3.00 bits per heavy atom. The Morgan fingerprint density at radius 1 is 1.37 bits per heavy atom. The molecule has 0 amide bonds. The predicted octanol–water partition coefficient (Wildman–Crippen LogP) is 3.13. The van der Waals surface area contributed by atoms with Gasteiger partial charge in [0.1, 0.15) is 5.52 Å². The number of anilines is 2. The summed E-state index contributed by atoms with van der Waals surface area (Å²) >= 11 is 2.01. The number of thioether (sulfide) groups is 1. The molecule has 0 aliphatic carbocycles. The number of nitrogens with zero attached hydrogens (tertiary/aromatic N) is 2. The van der Waals surface area contributed by atoms with Gasteiger partial charge in [-0.3, -0.25) is 0 Å². The van der Waals surface area contributed by atoms with Crippen LogP contribution in [0.1, 0.15) is 20.3 Å². The number of nitrogens with two attached hydrogens (primary N) is 1. The highest BCUT2D eigenvalue weighted by Gasteiger charge is 2.25. The van der Waals surface area contributed by atoms with Crippen LogP contribution >= 0.6 is 11.8 Å². The van der Waals surface area contributed by atoms with Crippen LogP contribution in [-0.4, -0.2) is 28.6 Å². The fourth-order valence-electron chi connectivity index (χ4n) is 2.30. The molecule has 3 rings (SSSR count). The Morgan fingerprint density at radius 2 is 2.21 bits per heavy atom. The molecule has 4 nitrogen and oxygen atoms in total. The first kappa shape index (κ1) is 12.7. The second-order valence-electron chi connectivity index (χ2n) is 5.54. The highest BCUT2D eigenvalue weighted by Crippen LogP contribution is 2.33. The number of hydrogen-bond donors (Lipinski definition) is 1. The molecule has 1 saturated heterocycles. The van der Waals surface area contributed by atoms with Crippen molar-refractivity contribution in [1.29, 1.82) is 0 Å². The zero-order chi connectivity index (χ0) is 13.5. The van der Waals surface area contributed by atoms with Crippen molar-refractivity contribution in [3.05, 3.63) is 18.2 Å². The summed E-state index contributed by atoms with van der Waals surface area (Å²) in [6.45, 7) is 6.55. The zero-order valence-electron chi connectivity index (χ0n) is 11.3. The first-order valence-corrected chi connectivity index (χ1v) is 7.58. The third kappa shape index (κ3) is 2.52. The molecule has 1 fully saturated rings. The molecule has 0 bridgehead atoms. The predicted molar refractivity (Wildman–Crippen MR) is 81.8 cm³/mol. The second kappa shape index (κ2) is 4.63. The molecule has 1 aromatic heterocycles. The van der Waals surface area contributed by atoms with Gasteiger partial charge in [0.25, 0.3) is 6.01 Å². The minimum Gasteiger partial charge on any atom is -0.423 e. The van der Waals surface area contributed by atoms with E-state index in [1.807, 2.05) is 30.0 Å². The molecule has 2 heterocycles. The lowest BCUT2D eigenvalue weighted by Gasteiger charge is -2.21. The summed E-state index contributed by atoms with van der Waals surface area (Å²) in [5.74, 6) is 1.10. The lowest BCUT2D eigenvalue weighted by Crippen LogP contribution is -2.27. The molecule has 2 aromatic rings. The molecule has 0 unspecified atom stereocenters. The van der Waals surface area contributed by atoms with E-state index in [2.05, 4.69) is 23.7 Å². The molecule has 0 atom stereocenters. The molecule has 1 aliphatic heterocycles. The molecular weight excluding hydrogens is 258 g/mol. The molecule has 0 radical (unpaired) electrons. The van der Waals surface area contributed by atoms with Crippen molar-refractivity contribution in [3.63, 3.8) is 0 Å². The summed E-state index contributed by atoms with van der Waals surface area (Å²) in [6, 6.07) is 6.37. The van der Waals surface area contributed by atoms with Crippen molar-refractivity contribution >= 4 is 34.6 Å². The van der Waals surface area contributed by atoms with E-state index >= 15 is 0 Å². The molecule has 102 valence electrons. The average Bonchev–Trinajstić information content (AvgIpc) is 2.70. The van der Waals surface area contributed by atoms with E-state index in [0.717, 1.165) is 36.4 Å². The fourth-order valence-corrected chi connectivity index (χ4v) is 3.40. The second-order valence-corrected chi connectivity index (χ2v) is 7.34. The molecule has 0 saturated carbocycles. The van der Waals surface area contributed by atoms with E-state index < -0.39 is 0 Å². The molecule has 0 spiro atoms. The van der Waals surface area contributed by atoms with E-state index in [1.54, 1.807) is 0 Å². The smallest absolute Gasteiger partial charge is 0.298 e. The maximum absolute atomic E-state index is 5.93. The summed E-state index contributed by atoms with van der Waals surface area (Å²) in [4.78, 5) is 6.77. The van der Waals surface area contributed by atoms with Gasteiger partial charge >= 0.3 is 0 Å². The Hall–Kier alpha value is -1.36. The number of benzene rings is 1. The van der Waals surface area contributed by atoms with Crippen LogP contribution in [0.3, 0.4) is 0 Å². The van der Waals surface area contributed by atoms with Crippen LogP contribution in [0.25, 0.3) is 11.1 Å². The Kier molecular flexibility index (Phi) is 3.09. The normalized spacial score (nSPS) is 19.6. The minimum atomic E-state index is 0.333. The molecule has 2 N–H and O–H groups in total. The Labute approximate surface area is 117 Å². The molecular formula is C14H19N3OS. The molecule has 1 aromatic carbocycles. The number of oxazole rings is 1. The van der Waals surface area contributed by atoms with Gasteiger partial charge in [0.05, 0.1) is 5.69 Å². The Bertz CT molecular complexity index is 593. The van der Waals surface area contributed by atoms with Gasteiger partial charge in [-0.25, -0.2) is 0 Å². The van der Waals surface area contributed by atoms with Crippen molar-refractivity contribution in [2.24, 2.45) is 0 Å². The number of hydrogen-bond acceptors (Lipinski definition) is 5. The summed E-state index contributed by atoms with van der Waals surface area (Å²) in [6.07, 6.45) is 1.13. The van der Waals surface area contributed by atoms with Gasteiger partial charge < -0.3 is 15.1 Å². The maximum Gasteiger partial charge on any atom is 0.298 e. The monoisotopic (exact) mass is 277 g/mol. The zero-order valence-corrected chi connectivity index (χ0v) is 12.2. The van der Waals surface area contributed by atoms with Crippen LogP contribution in [-0.2, 0) is 0 Å². The van der Waals surface area contributed by atoms with Gasteiger partial charge in [-0.15, -0.1) is 0 Å². The van der Waals surface area contributed by atoms with Crippen LogP contribution < -0.4 is 10.6 Å². The van der Waals surface area contributed by atoms with Crippen molar-refractivity contribution in [2.75, 3.05) is 29.5 Å². The molecule has 19 heavy (non-hydrogen) atoms. The van der Waals surface area contributed by atoms with Gasteiger partial charge in [0, 0.05) is 23.6 Å². The molecule has 5 heteroatoms. The fraction of sp³-hybridized carbons (Fsp3) is 0.500. The van der Waals surface area contributed by atoms with Crippen molar-refractivity contribution in [2.45, 2.75) is 25.0 Å². The SMILES string of the molecule is CC1(C)CCN(c2nc3c(N)cccc3o2)CCS1. The lowest BCUT2D eigenvalue weighted by molar-refractivity contribution is 0.554. The number of nitrogen functional groups attached to an aromatic ring is 1. The summed E-state index contributed by atoms with van der Waals surface area (Å²) in [5.41, 5.74) is 8.15. The number of aromatic nitrogens is 1. The van der Waals surface area contributed by atoms with Crippen LogP contribution in [0.2, 0.25) is 0 Å². The first-order chi connectivity index (χ1) is 9.05. The first-order valence-electron chi connectivity index (χ1n) is 6.59. The van der Waals surface area contributed by atoms with Gasteiger partial charge in [0.2, 0.25) is 0 Å². The van der Waals surface area contributed by atoms with Gasteiger partial charge in [-0.05, 0) is 18.6 Å². The minimum absolute atomic E-state index is 0.333. The van der Waals surface area contributed by atoms with E-state index in [4.69, 9.17) is 10.2 Å². The maximum atomic E-state index is 5.93. The highest BCUT2D eigenvalue weighted by molar-refractivity contribution is 8.00. The van der Waals surface area contributed by atoms with E-state index in [-0.39, 0.29) is 0 Å². The van der Waals surface area contributed by atoms with Crippen molar-refractivity contribution < 1.29 is 4.42 Å². The molecule has 1 aliphatic rings. The largest absolute Gasteiger partial charge is 0.423 e. The van der Waals surface area contributed by atoms with Crippen LogP contribution in [0.5, 0.6) is 0 Å². The summed E-state index contributed by atoms with van der Waals surface area (Å²) in [7, 11) is 0. The highest BCUT2D eigenvalue weighted by atomic mass is 32.2. The van der Waals surface area contributed by atoms with Crippen LogP contribution in [0.15, 0.2) is 22.6 Å².